The molecule has 0 atom stereocenters. The van der Waals surface area contributed by atoms with E-state index in [1.54, 1.807) is 0 Å². The standard InChI is InChI=1S/C12H15N3OS/c1-2-13-8-7-11(16)14-12-9-5-3-4-6-10(9)17-15-12/h3-6,13H,2,7-8H2,1H3,(H,14,15,16). The highest BCUT2D eigenvalue weighted by Gasteiger charge is 2.08. The van der Waals surface area contributed by atoms with Gasteiger partial charge in [-0.2, -0.15) is 4.37 Å². The van der Waals surface area contributed by atoms with Crippen molar-refractivity contribution in [2.45, 2.75) is 13.3 Å². The Kier molecular flexibility index (Phi) is 4.06. The number of carbonyl (C=O) groups excluding carboxylic acids is 1. The molecule has 90 valence electrons. The van der Waals surface area contributed by atoms with Crippen molar-refractivity contribution >= 4 is 33.3 Å². The van der Waals surface area contributed by atoms with Crippen molar-refractivity contribution in [3.05, 3.63) is 24.3 Å². The topological polar surface area (TPSA) is 54.0 Å². The molecular weight excluding hydrogens is 234 g/mol. The Bertz CT molecular complexity index is 509. The number of nitrogens with zero attached hydrogens (tertiary/aromatic N) is 1. The fourth-order valence-electron chi connectivity index (χ4n) is 1.55. The molecule has 2 rings (SSSR count). The molecule has 5 heteroatoms. The third-order valence-corrected chi connectivity index (χ3v) is 3.24. The fourth-order valence-corrected chi connectivity index (χ4v) is 2.29. The molecule has 0 fully saturated rings. The number of benzene rings is 1. The SMILES string of the molecule is CCNCCC(=O)Nc1nsc2ccccc12. The predicted octanol–water partition coefficient (Wildman–Crippen LogP) is 2.23. The molecule has 4 nitrogen and oxygen atoms in total. The van der Waals surface area contributed by atoms with Crippen LogP contribution in [0.25, 0.3) is 10.1 Å². The molecule has 17 heavy (non-hydrogen) atoms. The maximum atomic E-state index is 11.6. The van der Waals surface area contributed by atoms with E-state index >= 15 is 0 Å². The van der Waals surface area contributed by atoms with Crippen molar-refractivity contribution in [2.75, 3.05) is 18.4 Å². The van der Waals surface area contributed by atoms with E-state index in [-0.39, 0.29) is 5.91 Å². The summed E-state index contributed by atoms with van der Waals surface area (Å²) < 4.78 is 5.34. The number of hydrogen-bond donors (Lipinski definition) is 2. The summed E-state index contributed by atoms with van der Waals surface area (Å²) in [6.07, 6.45) is 0.472. The van der Waals surface area contributed by atoms with Crippen molar-refractivity contribution in [3.63, 3.8) is 0 Å². The first-order chi connectivity index (χ1) is 8.31. The molecular formula is C12H15N3OS. The number of fused-ring (bicyclic) bond motifs is 1. The summed E-state index contributed by atoms with van der Waals surface area (Å²) in [5.41, 5.74) is 0. The summed E-state index contributed by atoms with van der Waals surface area (Å²) >= 11 is 1.40. The van der Waals surface area contributed by atoms with Gasteiger partial charge in [0, 0.05) is 18.4 Å². The van der Waals surface area contributed by atoms with Gasteiger partial charge in [0.2, 0.25) is 5.91 Å². The monoisotopic (exact) mass is 249 g/mol. The van der Waals surface area contributed by atoms with Gasteiger partial charge in [-0.1, -0.05) is 19.1 Å². The van der Waals surface area contributed by atoms with Crippen LogP contribution in [0.4, 0.5) is 5.82 Å². The summed E-state index contributed by atoms with van der Waals surface area (Å²) in [6, 6.07) is 7.89. The Balaban J connectivity index is 2.01. The van der Waals surface area contributed by atoms with Gasteiger partial charge < -0.3 is 10.6 Å². The van der Waals surface area contributed by atoms with Gasteiger partial charge in [0.25, 0.3) is 0 Å². The van der Waals surface area contributed by atoms with Gasteiger partial charge in [-0.15, -0.1) is 0 Å². The second-order valence-electron chi connectivity index (χ2n) is 3.68. The van der Waals surface area contributed by atoms with Crippen LogP contribution in [0.3, 0.4) is 0 Å². The molecule has 0 aliphatic heterocycles. The molecule has 0 aliphatic carbocycles. The molecule has 1 heterocycles. The molecule has 0 unspecified atom stereocenters. The molecule has 0 bridgehead atoms. The van der Waals surface area contributed by atoms with Gasteiger partial charge >= 0.3 is 0 Å². The molecule has 2 aromatic rings. The van der Waals surface area contributed by atoms with Crippen LogP contribution in [-0.4, -0.2) is 23.4 Å². The predicted molar refractivity (Wildman–Crippen MR) is 71.4 cm³/mol. The molecule has 1 aromatic heterocycles. The van der Waals surface area contributed by atoms with Crippen molar-refractivity contribution in [2.24, 2.45) is 0 Å². The lowest BCUT2D eigenvalue weighted by molar-refractivity contribution is -0.116. The van der Waals surface area contributed by atoms with Crippen LogP contribution in [0, 0.1) is 0 Å². The summed E-state index contributed by atoms with van der Waals surface area (Å²) in [7, 11) is 0. The normalized spacial score (nSPS) is 10.6. The fraction of sp³-hybridized carbons (Fsp3) is 0.333. The number of aromatic nitrogens is 1. The smallest absolute Gasteiger partial charge is 0.226 e. The highest BCUT2D eigenvalue weighted by atomic mass is 32.1. The lowest BCUT2D eigenvalue weighted by atomic mass is 10.2. The van der Waals surface area contributed by atoms with Crippen molar-refractivity contribution < 1.29 is 4.79 Å². The zero-order chi connectivity index (χ0) is 12.1. The van der Waals surface area contributed by atoms with Gasteiger partial charge in [0.1, 0.15) is 0 Å². The summed E-state index contributed by atoms with van der Waals surface area (Å²) in [5.74, 6) is 0.675. The Morgan fingerprint density at radius 1 is 1.41 bits per heavy atom. The highest BCUT2D eigenvalue weighted by molar-refractivity contribution is 7.13. The highest BCUT2D eigenvalue weighted by Crippen LogP contribution is 2.25. The largest absolute Gasteiger partial charge is 0.316 e. The molecule has 0 saturated carbocycles. The number of rotatable bonds is 5. The zero-order valence-corrected chi connectivity index (χ0v) is 10.5. The lowest BCUT2D eigenvalue weighted by Gasteiger charge is -2.03. The van der Waals surface area contributed by atoms with Crippen molar-refractivity contribution in [3.8, 4) is 0 Å². The second-order valence-corrected chi connectivity index (χ2v) is 4.48. The average molecular weight is 249 g/mol. The van der Waals surface area contributed by atoms with E-state index in [9.17, 15) is 4.79 Å². The zero-order valence-electron chi connectivity index (χ0n) is 9.69. The molecule has 2 N–H and O–H groups in total. The minimum atomic E-state index is 0.00185. The van der Waals surface area contributed by atoms with Crippen molar-refractivity contribution in [1.82, 2.24) is 9.69 Å². The number of amides is 1. The molecule has 0 aliphatic rings. The van der Waals surface area contributed by atoms with Gasteiger partial charge in [-0.3, -0.25) is 4.79 Å². The molecule has 0 radical (unpaired) electrons. The van der Waals surface area contributed by atoms with Crippen LogP contribution in [-0.2, 0) is 4.79 Å². The van der Waals surface area contributed by atoms with Gasteiger partial charge in [-0.25, -0.2) is 0 Å². The number of carbonyl (C=O) groups is 1. The van der Waals surface area contributed by atoms with Crippen LogP contribution in [0.1, 0.15) is 13.3 Å². The minimum absolute atomic E-state index is 0.00185. The van der Waals surface area contributed by atoms with E-state index in [1.807, 2.05) is 31.2 Å². The first-order valence-corrected chi connectivity index (χ1v) is 6.43. The van der Waals surface area contributed by atoms with Crippen LogP contribution in [0.5, 0.6) is 0 Å². The van der Waals surface area contributed by atoms with Crippen LogP contribution >= 0.6 is 11.5 Å². The maximum Gasteiger partial charge on any atom is 0.226 e. The summed E-state index contributed by atoms with van der Waals surface area (Å²) in [6.45, 7) is 3.60. The second kappa shape index (κ2) is 5.75. The van der Waals surface area contributed by atoms with E-state index in [1.165, 1.54) is 11.5 Å². The Labute approximate surface area is 104 Å². The Morgan fingerprint density at radius 3 is 3.06 bits per heavy atom. The van der Waals surface area contributed by atoms with E-state index in [0.717, 1.165) is 16.6 Å². The van der Waals surface area contributed by atoms with E-state index in [4.69, 9.17) is 0 Å². The molecule has 0 spiro atoms. The van der Waals surface area contributed by atoms with Crippen LogP contribution in [0.2, 0.25) is 0 Å². The van der Waals surface area contributed by atoms with E-state index in [2.05, 4.69) is 15.0 Å². The lowest BCUT2D eigenvalue weighted by Crippen LogP contribution is -2.21. The quantitative estimate of drug-likeness (QED) is 0.799. The third-order valence-electron chi connectivity index (χ3n) is 2.41. The first-order valence-electron chi connectivity index (χ1n) is 5.66. The van der Waals surface area contributed by atoms with Gasteiger partial charge in [-0.05, 0) is 30.2 Å². The van der Waals surface area contributed by atoms with E-state index in [0.29, 0.717) is 18.8 Å². The average Bonchev–Trinajstić information content (AvgIpc) is 2.73. The third kappa shape index (κ3) is 3.01. The van der Waals surface area contributed by atoms with Crippen LogP contribution < -0.4 is 10.6 Å². The summed E-state index contributed by atoms with van der Waals surface area (Å²) in [5, 5.41) is 6.97. The van der Waals surface area contributed by atoms with Gasteiger partial charge in [0.05, 0.1) is 4.70 Å². The first kappa shape index (κ1) is 12.0. The Hall–Kier alpha value is -1.46. The molecule has 0 saturated heterocycles. The number of anilines is 1. The Morgan fingerprint density at radius 2 is 2.24 bits per heavy atom. The van der Waals surface area contributed by atoms with Crippen LogP contribution in [0.15, 0.2) is 24.3 Å². The summed E-state index contributed by atoms with van der Waals surface area (Å²) in [4.78, 5) is 11.6. The molecule has 1 aromatic carbocycles. The number of nitrogens with one attached hydrogen (secondary N) is 2. The molecule has 1 amide bonds. The maximum absolute atomic E-state index is 11.6. The van der Waals surface area contributed by atoms with E-state index < -0.39 is 0 Å². The van der Waals surface area contributed by atoms with Gasteiger partial charge in [0.15, 0.2) is 5.82 Å². The van der Waals surface area contributed by atoms with Crippen molar-refractivity contribution in [1.29, 1.82) is 0 Å². The number of hydrogen-bond acceptors (Lipinski definition) is 4. The minimum Gasteiger partial charge on any atom is -0.316 e.